The van der Waals surface area contributed by atoms with E-state index in [0.29, 0.717) is 26.2 Å². The van der Waals surface area contributed by atoms with Crippen LogP contribution in [-0.2, 0) is 9.59 Å². The van der Waals surface area contributed by atoms with E-state index in [4.69, 9.17) is 22.7 Å². The fourth-order valence-corrected chi connectivity index (χ4v) is 6.12. The molecular formula is C34H46ClF3N11O3+. The number of rotatable bonds is 12. The molecule has 0 aliphatic carbocycles. The Labute approximate surface area is 305 Å². The Morgan fingerprint density at radius 3 is 2.37 bits per heavy atom. The number of aromatic nitrogens is 2. The number of benzene rings is 1. The second-order valence-electron chi connectivity index (χ2n) is 13.3. The maximum absolute atomic E-state index is 13.9. The van der Waals surface area contributed by atoms with Gasteiger partial charge in [-0.2, -0.15) is 13.2 Å². The molecule has 6 N–H and O–H groups in total. The van der Waals surface area contributed by atoms with Crippen molar-refractivity contribution in [2.75, 3.05) is 76.9 Å². The van der Waals surface area contributed by atoms with Crippen LogP contribution < -0.4 is 26.2 Å². The highest BCUT2D eigenvalue weighted by molar-refractivity contribution is 6.34. The number of nitrogens with one attached hydrogen (secondary N) is 4. The topological polar surface area (TPSA) is 168 Å². The van der Waals surface area contributed by atoms with Crippen LogP contribution in [-0.4, -0.2) is 121 Å². The van der Waals surface area contributed by atoms with Gasteiger partial charge in [-0.3, -0.25) is 19.8 Å². The summed E-state index contributed by atoms with van der Waals surface area (Å²) in [7, 11) is 6.97. The second-order valence-corrected chi connectivity index (χ2v) is 13.7. The highest BCUT2D eigenvalue weighted by Crippen LogP contribution is 2.34. The van der Waals surface area contributed by atoms with Crippen LogP contribution in [0.15, 0.2) is 54.0 Å². The molecule has 1 aromatic carbocycles. The van der Waals surface area contributed by atoms with Crippen LogP contribution in [0.25, 0.3) is 0 Å². The molecule has 1 aromatic heterocycles. The van der Waals surface area contributed by atoms with Gasteiger partial charge in [0, 0.05) is 76.3 Å². The number of hydrogen-bond acceptors (Lipinski definition) is 10. The number of alkyl halides is 3. The summed E-state index contributed by atoms with van der Waals surface area (Å²) in [6.07, 6.45) is -1.14. The van der Waals surface area contributed by atoms with E-state index >= 15 is 0 Å². The summed E-state index contributed by atoms with van der Waals surface area (Å²) >= 11 is 6.54. The van der Waals surface area contributed by atoms with Crippen LogP contribution in [0.4, 0.5) is 30.5 Å². The number of carbonyl (C=O) groups excluding carboxylic acids is 3. The third-order valence-corrected chi connectivity index (χ3v) is 9.63. The van der Waals surface area contributed by atoms with E-state index < -0.39 is 29.0 Å². The van der Waals surface area contributed by atoms with Gasteiger partial charge in [-0.25, -0.2) is 0 Å². The van der Waals surface area contributed by atoms with Gasteiger partial charge >= 0.3 is 6.18 Å². The molecule has 18 heteroatoms. The molecule has 1 fully saturated rings. The lowest BCUT2D eigenvalue weighted by Gasteiger charge is -2.36. The normalized spacial score (nSPS) is 18.6. The monoisotopic (exact) mass is 748 g/mol. The first-order valence-electron chi connectivity index (χ1n) is 16.8. The molecule has 0 spiro atoms. The lowest BCUT2D eigenvalue weighted by molar-refractivity contribution is -0.858. The summed E-state index contributed by atoms with van der Waals surface area (Å²) in [5, 5.41) is 21.2. The zero-order valence-corrected chi connectivity index (χ0v) is 30.8. The van der Waals surface area contributed by atoms with Crippen molar-refractivity contribution in [1.82, 2.24) is 30.2 Å². The number of allylic oxidation sites excluding steroid dienone is 1. The Balaban J connectivity index is 1.43. The highest BCUT2D eigenvalue weighted by atomic mass is 35.5. The van der Waals surface area contributed by atoms with Crippen molar-refractivity contribution >= 4 is 52.4 Å². The van der Waals surface area contributed by atoms with Gasteiger partial charge in [-0.1, -0.05) is 18.5 Å². The summed E-state index contributed by atoms with van der Waals surface area (Å²) in [6, 6.07) is 7.31. The molecule has 282 valence electrons. The van der Waals surface area contributed by atoms with Crippen LogP contribution in [0.2, 0.25) is 5.02 Å². The van der Waals surface area contributed by atoms with Crippen LogP contribution in [0, 0.1) is 11.3 Å². The van der Waals surface area contributed by atoms with Gasteiger partial charge in [0.2, 0.25) is 5.91 Å². The fourth-order valence-electron chi connectivity index (χ4n) is 5.86. The number of hydrogen-bond donors (Lipinski definition) is 5. The second kappa shape index (κ2) is 16.2. The largest absolute Gasteiger partial charge is 0.433 e. The maximum atomic E-state index is 13.9. The molecule has 2 atom stereocenters. The van der Waals surface area contributed by atoms with Gasteiger partial charge in [0.15, 0.2) is 11.5 Å². The number of amides is 3. The minimum absolute atomic E-state index is 0.0533. The summed E-state index contributed by atoms with van der Waals surface area (Å²) in [4.78, 5) is 47.4. The zero-order valence-electron chi connectivity index (χ0n) is 30.1. The Hall–Kier alpha value is -4.90. The van der Waals surface area contributed by atoms with E-state index in [0.717, 1.165) is 25.6 Å². The number of anilines is 3. The number of piperazine rings is 1. The van der Waals surface area contributed by atoms with Gasteiger partial charge in [0.05, 0.1) is 36.9 Å². The van der Waals surface area contributed by atoms with Gasteiger partial charge in [-0.15, -0.1) is 10.2 Å². The highest BCUT2D eigenvalue weighted by Gasteiger charge is 2.46. The average Bonchev–Trinajstić information content (AvgIpc) is 3.40. The number of quaternary nitrogens is 1. The molecule has 2 aromatic rings. The SMILES string of the molecule is CCC(CC[NH+](C)C)C(=O)N1CCN(C(=O)c2ccc(NC(=O)C3(C)NC=C(C(=CN(C)c4ccc(N)nn4)C(=N)C(F)(F)F)N3C)cc2Cl)CC1. The van der Waals surface area contributed by atoms with Crippen molar-refractivity contribution < 1.29 is 32.5 Å². The third kappa shape index (κ3) is 8.93. The smallest absolute Gasteiger partial charge is 0.382 e. The first-order chi connectivity index (χ1) is 24.4. The fraction of sp³-hybridized carbons (Fsp3) is 0.471. The Morgan fingerprint density at radius 1 is 1.15 bits per heavy atom. The standard InChI is InChI=1S/C34H45ClF3N11O3/c1-7-21(12-13-45(3)4)30(50)48-14-16-49(17-15-48)31(51)23-9-8-22(18-25(23)35)42-32(52)33(2)41-19-26(47(33)6)24(29(40)34(36,37)38)20-46(5)28-11-10-27(39)43-44-28/h8-11,18-21,40-41H,7,12-17H2,1-6H3,(H2,39,43)(H,42,52)/p+1. The number of nitrogens with two attached hydrogens (primary N) is 1. The van der Waals surface area contributed by atoms with E-state index in [1.165, 1.54) is 72.3 Å². The lowest BCUT2D eigenvalue weighted by Crippen LogP contribution is -3.05. The predicted octanol–water partition coefficient (Wildman–Crippen LogP) is 2.19. The minimum atomic E-state index is -5.01. The molecular weight excluding hydrogens is 703 g/mol. The number of halogens is 4. The summed E-state index contributed by atoms with van der Waals surface area (Å²) in [6.45, 7) is 5.92. The van der Waals surface area contributed by atoms with Gasteiger partial charge < -0.3 is 40.9 Å². The van der Waals surface area contributed by atoms with Crippen molar-refractivity contribution in [3.8, 4) is 0 Å². The van der Waals surface area contributed by atoms with Crippen molar-refractivity contribution in [2.45, 2.75) is 38.5 Å². The molecule has 0 saturated carbocycles. The van der Waals surface area contributed by atoms with Crippen molar-refractivity contribution in [3.63, 3.8) is 0 Å². The molecule has 2 aliphatic heterocycles. The van der Waals surface area contributed by atoms with Crippen molar-refractivity contribution in [3.05, 3.63) is 64.6 Å². The molecule has 2 unspecified atom stereocenters. The Bertz CT molecular complexity index is 1730. The first-order valence-corrected chi connectivity index (χ1v) is 17.1. The minimum Gasteiger partial charge on any atom is -0.382 e. The molecule has 2 aliphatic rings. The average molecular weight is 749 g/mol. The predicted molar refractivity (Wildman–Crippen MR) is 193 cm³/mol. The number of likely N-dealkylation sites (N-methyl/N-ethyl adjacent to an activating group) is 1. The summed E-state index contributed by atoms with van der Waals surface area (Å²) in [5.41, 5.74) is 2.19. The van der Waals surface area contributed by atoms with Crippen molar-refractivity contribution in [2.24, 2.45) is 5.92 Å². The van der Waals surface area contributed by atoms with E-state index in [1.807, 2.05) is 11.8 Å². The van der Waals surface area contributed by atoms with E-state index in [-0.39, 0.29) is 51.3 Å². The van der Waals surface area contributed by atoms with E-state index in [9.17, 15) is 27.6 Å². The van der Waals surface area contributed by atoms with Crippen molar-refractivity contribution in [1.29, 1.82) is 5.41 Å². The van der Waals surface area contributed by atoms with Gasteiger partial charge in [0.1, 0.15) is 11.5 Å². The molecule has 14 nitrogen and oxygen atoms in total. The quantitative estimate of drug-likeness (QED) is 0.205. The van der Waals surface area contributed by atoms with Gasteiger partial charge in [0.25, 0.3) is 11.8 Å². The molecule has 4 rings (SSSR count). The third-order valence-electron chi connectivity index (χ3n) is 9.32. The molecule has 0 radical (unpaired) electrons. The van der Waals surface area contributed by atoms with Crippen LogP contribution in [0.1, 0.15) is 37.0 Å². The molecule has 0 bridgehead atoms. The van der Waals surface area contributed by atoms with Crippen LogP contribution in [0.5, 0.6) is 0 Å². The molecule has 52 heavy (non-hydrogen) atoms. The molecule has 3 heterocycles. The summed E-state index contributed by atoms with van der Waals surface area (Å²) < 4.78 is 41.6. The summed E-state index contributed by atoms with van der Waals surface area (Å²) in [5.74, 6) is -0.607. The molecule has 3 amide bonds. The number of nitrogens with zero attached hydrogens (tertiary/aromatic N) is 6. The van der Waals surface area contributed by atoms with Gasteiger partial charge in [-0.05, 0) is 43.7 Å². The molecule has 1 saturated heterocycles. The zero-order chi connectivity index (χ0) is 38.5. The van der Waals surface area contributed by atoms with E-state index in [1.54, 1.807) is 4.90 Å². The van der Waals surface area contributed by atoms with Crippen LogP contribution in [0.3, 0.4) is 0 Å². The lowest BCUT2D eigenvalue weighted by atomic mass is 10.00. The Morgan fingerprint density at radius 2 is 1.81 bits per heavy atom. The van der Waals surface area contributed by atoms with Crippen LogP contribution >= 0.6 is 11.6 Å². The number of nitrogen functional groups attached to an aromatic ring is 1. The van der Waals surface area contributed by atoms with E-state index in [2.05, 4.69) is 34.9 Å². The first kappa shape index (κ1) is 39.9. The maximum Gasteiger partial charge on any atom is 0.433 e. The number of carbonyl (C=O) groups is 3. The Kier molecular flexibility index (Phi) is 12.4.